The number of nitrogens with zero attached hydrogens (tertiary/aromatic N) is 1. The van der Waals surface area contributed by atoms with Gasteiger partial charge in [0.05, 0.1) is 0 Å². The Labute approximate surface area is 116 Å². The third kappa shape index (κ3) is 2.99. The number of rotatable bonds is 4. The highest BCUT2D eigenvalue weighted by Crippen LogP contribution is 2.36. The number of carbonyl (C=O) groups is 1. The molecular formula is C17H25NO. The smallest absolute Gasteiger partial charge is 0.164 e. The van der Waals surface area contributed by atoms with Gasteiger partial charge in [-0.15, -0.1) is 0 Å². The number of piperidine rings is 1. The van der Waals surface area contributed by atoms with E-state index in [0.717, 1.165) is 24.3 Å². The highest BCUT2D eigenvalue weighted by atomic mass is 16.1. The molecule has 1 fully saturated rings. The number of para-hydroxylation sites is 1. The summed E-state index contributed by atoms with van der Waals surface area (Å²) in [5, 5.41) is 0. The summed E-state index contributed by atoms with van der Waals surface area (Å²) in [5.41, 5.74) is 2.51. The van der Waals surface area contributed by atoms with Gasteiger partial charge < -0.3 is 4.90 Å². The Balaban J connectivity index is 2.18. The Morgan fingerprint density at radius 1 is 1.21 bits per heavy atom. The fraction of sp³-hybridized carbons (Fsp3) is 0.588. The minimum Gasteiger partial charge on any atom is -0.371 e. The molecule has 1 heterocycles. The van der Waals surface area contributed by atoms with E-state index in [9.17, 15) is 4.79 Å². The Morgan fingerprint density at radius 2 is 1.84 bits per heavy atom. The highest BCUT2D eigenvalue weighted by molar-refractivity contribution is 6.01. The first-order chi connectivity index (χ1) is 9.09. The van der Waals surface area contributed by atoms with Crippen LogP contribution in [0.2, 0.25) is 0 Å². The highest BCUT2D eigenvalue weighted by Gasteiger charge is 2.29. The van der Waals surface area contributed by atoms with E-state index in [2.05, 4.69) is 24.8 Å². The topological polar surface area (TPSA) is 20.3 Å². The van der Waals surface area contributed by atoms with Crippen molar-refractivity contribution in [1.82, 2.24) is 0 Å². The maximum absolute atomic E-state index is 12.0. The summed E-state index contributed by atoms with van der Waals surface area (Å²) >= 11 is 0. The molecule has 2 rings (SSSR count). The van der Waals surface area contributed by atoms with Crippen molar-refractivity contribution < 1.29 is 4.79 Å². The van der Waals surface area contributed by atoms with Gasteiger partial charge in [0.2, 0.25) is 0 Å². The summed E-state index contributed by atoms with van der Waals surface area (Å²) in [7, 11) is 0. The van der Waals surface area contributed by atoms with E-state index in [1.165, 1.54) is 19.3 Å². The fourth-order valence-electron chi connectivity index (χ4n) is 2.82. The van der Waals surface area contributed by atoms with Gasteiger partial charge in [-0.25, -0.2) is 0 Å². The van der Waals surface area contributed by atoms with Gasteiger partial charge in [-0.05, 0) is 30.4 Å². The van der Waals surface area contributed by atoms with E-state index in [-0.39, 0.29) is 5.78 Å². The lowest BCUT2D eigenvalue weighted by Gasteiger charge is -2.40. The Kier molecular flexibility index (Phi) is 4.28. The molecule has 0 aliphatic carbocycles. The Morgan fingerprint density at radius 3 is 2.42 bits per heavy atom. The van der Waals surface area contributed by atoms with E-state index in [1.54, 1.807) is 0 Å². The van der Waals surface area contributed by atoms with Crippen LogP contribution in [0.1, 0.15) is 56.8 Å². The minimum atomic E-state index is 0.249. The zero-order valence-corrected chi connectivity index (χ0v) is 12.4. The second kappa shape index (κ2) is 5.77. The predicted molar refractivity (Wildman–Crippen MR) is 80.9 cm³/mol. The van der Waals surface area contributed by atoms with Crippen LogP contribution in [0.4, 0.5) is 5.69 Å². The second-order valence-electron chi connectivity index (χ2n) is 5.95. The molecule has 0 spiro atoms. The van der Waals surface area contributed by atoms with Crippen LogP contribution in [0.25, 0.3) is 0 Å². The number of benzene rings is 1. The quantitative estimate of drug-likeness (QED) is 0.752. The van der Waals surface area contributed by atoms with E-state index in [0.29, 0.717) is 11.8 Å². The van der Waals surface area contributed by atoms with Crippen LogP contribution in [-0.2, 0) is 0 Å². The molecule has 0 unspecified atom stereocenters. The van der Waals surface area contributed by atoms with Crippen molar-refractivity contribution in [2.45, 2.75) is 46.5 Å². The molecule has 1 aromatic rings. The van der Waals surface area contributed by atoms with E-state index >= 15 is 0 Å². The fourth-order valence-corrected chi connectivity index (χ4v) is 2.82. The minimum absolute atomic E-state index is 0.249. The van der Waals surface area contributed by atoms with Crippen LogP contribution in [0.15, 0.2) is 24.3 Å². The molecule has 0 amide bonds. The average molecular weight is 259 g/mol. The molecular weight excluding hydrogens is 234 g/mol. The van der Waals surface area contributed by atoms with Crippen molar-refractivity contribution in [3.05, 3.63) is 29.8 Å². The van der Waals surface area contributed by atoms with Gasteiger partial charge in [-0.2, -0.15) is 0 Å². The summed E-state index contributed by atoms with van der Waals surface area (Å²) in [6.45, 7) is 8.73. The van der Waals surface area contributed by atoms with Gasteiger partial charge in [0.15, 0.2) is 5.78 Å². The molecule has 1 aliphatic heterocycles. The number of ketones is 1. The third-order valence-electron chi connectivity index (χ3n) is 4.69. The standard InChI is InChI=1S/C17H25NO/c1-4-16(19)14-8-6-7-9-15(14)18-12-10-17(3,5-2)11-13-18/h6-9H,4-5,10-13H2,1-3H3. The first kappa shape index (κ1) is 14.1. The largest absolute Gasteiger partial charge is 0.371 e. The molecule has 0 aromatic heterocycles. The van der Waals surface area contributed by atoms with Gasteiger partial charge in [-0.1, -0.05) is 39.3 Å². The van der Waals surface area contributed by atoms with Crippen LogP contribution >= 0.6 is 0 Å². The molecule has 2 nitrogen and oxygen atoms in total. The van der Waals surface area contributed by atoms with Gasteiger partial charge in [0.1, 0.15) is 0 Å². The molecule has 2 heteroatoms. The van der Waals surface area contributed by atoms with Crippen molar-refractivity contribution in [2.75, 3.05) is 18.0 Å². The van der Waals surface area contributed by atoms with E-state index in [1.807, 2.05) is 25.1 Å². The third-order valence-corrected chi connectivity index (χ3v) is 4.69. The van der Waals surface area contributed by atoms with Crippen molar-refractivity contribution >= 4 is 11.5 Å². The maximum atomic E-state index is 12.0. The SMILES string of the molecule is CCC(=O)c1ccccc1N1CCC(C)(CC)CC1. The van der Waals surface area contributed by atoms with Crippen LogP contribution in [-0.4, -0.2) is 18.9 Å². The van der Waals surface area contributed by atoms with Crippen molar-refractivity contribution in [3.8, 4) is 0 Å². The maximum Gasteiger partial charge on any atom is 0.164 e. The number of hydrogen-bond acceptors (Lipinski definition) is 2. The summed E-state index contributed by atoms with van der Waals surface area (Å²) in [6, 6.07) is 8.06. The van der Waals surface area contributed by atoms with Crippen molar-refractivity contribution in [1.29, 1.82) is 0 Å². The monoisotopic (exact) mass is 259 g/mol. The molecule has 19 heavy (non-hydrogen) atoms. The average Bonchev–Trinajstić information content (AvgIpc) is 2.47. The van der Waals surface area contributed by atoms with E-state index in [4.69, 9.17) is 0 Å². The predicted octanol–water partition coefficient (Wildman–Crippen LogP) is 4.30. The van der Waals surface area contributed by atoms with Gasteiger partial charge in [-0.3, -0.25) is 4.79 Å². The number of carbonyl (C=O) groups excluding carboxylic acids is 1. The summed E-state index contributed by atoms with van der Waals surface area (Å²) in [6.07, 6.45) is 4.27. The van der Waals surface area contributed by atoms with Gasteiger partial charge >= 0.3 is 0 Å². The molecule has 104 valence electrons. The first-order valence-electron chi connectivity index (χ1n) is 7.47. The molecule has 0 N–H and O–H groups in total. The van der Waals surface area contributed by atoms with Crippen LogP contribution in [0.3, 0.4) is 0 Å². The van der Waals surface area contributed by atoms with Crippen molar-refractivity contribution in [2.24, 2.45) is 5.41 Å². The lowest BCUT2D eigenvalue weighted by molar-refractivity contribution is 0.0988. The molecule has 1 aliphatic rings. The molecule has 0 bridgehead atoms. The Hall–Kier alpha value is -1.31. The van der Waals surface area contributed by atoms with Crippen LogP contribution < -0.4 is 4.90 Å². The number of anilines is 1. The first-order valence-corrected chi connectivity index (χ1v) is 7.47. The molecule has 0 atom stereocenters. The van der Waals surface area contributed by atoms with Crippen LogP contribution in [0.5, 0.6) is 0 Å². The van der Waals surface area contributed by atoms with E-state index < -0.39 is 0 Å². The number of hydrogen-bond donors (Lipinski definition) is 0. The lowest BCUT2D eigenvalue weighted by atomic mass is 9.78. The normalized spacial score (nSPS) is 18.4. The van der Waals surface area contributed by atoms with Crippen LogP contribution in [0, 0.1) is 5.41 Å². The zero-order chi connectivity index (χ0) is 13.9. The van der Waals surface area contributed by atoms with Crippen molar-refractivity contribution in [3.63, 3.8) is 0 Å². The van der Waals surface area contributed by atoms with Gasteiger partial charge in [0, 0.05) is 30.8 Å². The van der Waals surface area contributed by atoms with Gasteiger partial charge in [0.25, 0.3) is 0 Å². The summed E-state index contributed by atoms with van der Waals surface area (Å²) in [4.78, 5) is 14.4. The summed E-state index contributed by atoms with van der Waals surface area (Å²) in [5.74, 6) is 0.249. The number of Topliss-reactive ketones (excluding diaryl/α,β-unsaturated/α-hetero) is 1. The molecule has 1 saturated heterocycles. The summed E-state index contributed by atoms with van der Waals surface area (Å²) < 4.78 is 0. The lowest BCUT2D eigenvalue weighted by Crippen LogP contribution is -2.39. The molecule has 0 radical (unpaired) electrons. The zero-order valence-electron chi connectivity index (χ0n) is 12.4. The molecule has 0 saturated carbocycles. The second-order valence-corrected chi connectivity index (χ2v) is 5.95. The Bertz CT molecular complexity index is 444. The molecule has 1 aromatic carbocycles.